The molecular weight excluding hydrogens is 156 g/mol. The quantitative estimate of drug-likeness (QED) is 0.500. The number of hydrogen-bond acceptors (Lipinski definition) is 2. The maximum absolute atomic E-state index is 10.4. The van der Waals surface area contributed by atoms with E-state index in [1.54, 1.807) is 12.2 Å². The van der Waals surface area contributed by atoms with Crippen LogP contribution in [0.3, 0.4) is 0 Å². The first-order valence-corrected chi connectivity index (χ1v) is 2.64. The van der Waals surface area contributed by atoms with Crippen LogP contribution in [0.2, 0.25) is 0 Å². The molecule has 0 aromatic heterocycles. The van der Waals surface area contributed by atoms with Crippen molar-refractivity contribution in [3.63, 3.8) is 0 Å². The average molecular weight is 161 g/mol. The Hall–Kier alpha value is -0.470. The summed E-state index contributed by atoms with van der Waals surface area (Å²) >= 11 is 4.73. The van der Waals surface area contributed by atoms with Gasteiger partial charge in [-0.3, -0.25) is 4.79 Å². The highest BCUT2D eigenvalue weighted by atomic mass is 35.5. The second kappa shape index (κ2) is 3.54. The van der Waals surface area contributed by atoms with Crippen LogP contribution < -0.4 is 0 Å². The highest BCUT2D eigenvalue weighted by molar-refractivity contribution is 7.81. The molecule has 0 radical (unpaired) electrons. The average Bonchev–Trinajstić information content (AvgIpc) is 1.77. The molecule has 0 unspecified atom stereocenters. The molecule has 0 fully saturated rings. The standard InChI is InChI=1S/C6H4OS.ClH/c7-5-1-3-6(8)4-2-5;/h1-4H;1H. The van der Waals surface area contributed by atoms with Crippen LogP contribution in [0.15, 0.2) is 24.3 Å². The number of carbonyl (C=O) groups is 1. The van der Waals surface area contributed by atoms with Gasteiger partial charge in [0.05, 0.1) is 0 Å². The van der Waals surface area contributed by atoms with Crippen molar-refractivity contribution in [3.05, 3.63) is 24.3 Å². The fourth-order valence-corrected chi connectivity index (χ4v) is 0.576. The molecule has 0 saturated heterocycles. The Kier molecular flexibility index (Phi) is 3.35. The summed E-state index contributed by atoms with van der Waals surface area (Å²) in [7, 11) is 0. The van der Waals surface area contributed by atoms with Crippen LogP contribution in [-0.4, -0.2) is 10.6 Å². The molecule has 48 valence electrons. The summed E-state index contributed by atoms with van der Waals surface area (Å²) in [6, 6.07) is 0. The Bertz CT molecular complexity index is 155. The highest BCUT2D eigenvalue weighted by Crippen LogP contribution is 1.93. The third-order valence-electron chi connectivity index (χ3n) is 0.824. The van der Waals surface area contributed by atoms with Crippen LogP contribution in [0, 0.1) is 0 Å². The van der Waals surface area contributed by atoms with Gasteiger partial charge in [0.15, 0.2) is 5.78 Å². The third-order valence-corrected chi connectivity index (χ3v) is 1.10. The first-order valence-electron chi connectivity index (χ1n) is 2.23. The molecule has 0 heterocycles. The summed E-state index contributed by atoms with van der Waals surface area (Å²) in [6.07, 6.45) is 6.17. The minimum atomic E-state index is 0. The summed E-state index contributed by atoms with van der Waals surface area (Å²) < 4.78 is 0. The van der Waals surface area contributed by atoms with Gasteiger partial charge in [-0.1, -0.05) is 12.2 Å². The summed E-state index contributed by atoms with van der Waals surface area (Å²) in [6.45, 7) is 0. The van der Waals surface area contributed by atoms with E-state index in [1.165, 1.54) is 12.2 Å². The predicted molar refractivity (Wildman–Crippen MR) is 43.1 cm³/mol. The van der Waals surface area contributed by atoms with Crippen LogP contribution in [0.5, 0.6) is 0 Å². The molecular formula is C6H5ClOS. The Labute approximate surface area is 64.9 Å². The summed E-state index contributed by atoms with van der Waals surface area (Å²) in [5.41, 5.74) is 0. The van der Waals surface area contributed by atoms with Crippen LogP contribution in [-0.2, 0) is 4.79 Å². The summed E-state index contributed by atoms with van der Waals surface area (Å²) in [5.74, 6) is 0.0126. The minimum Gasteiger partial charge on any atom is -0.290 e. The zero-order chi connectivity index (χ0) is 5.98. The van der Waals surface area contributed by atoms with E-state index in [2.05, 4.69) is 0 Å². The lowest BCUT2D eigenvalue weighted by Crippen LogP contribution is -1.95. The van der Waals surface area contributed by atoms with Gasteiger partial charge in [-0.2, -0.15) is 0 Å². The van der Waals surface area contributed by atoms with E-state index in [9.17, 15) is 4.79 Å². The van der Waals surface area contributed by atoms with Gasteiger partial charge in [0.25, 0.3) is 0 Å². The molecule has 0 aliphatic heterocycles. The second-order valence-corrected chi connectivity index (χ2v) is 1.94. The number of hydrogen-bond donors (Lipinski definition) is 0. The van der Waals surface area contributed by atoms with Crippen LogP contribution in [0.4, 0.5) is 0 Å². The molecule has 3 heteroatoms. The molecule has 1 aliphatic rings. The smallest absolute Gasteiger partial charge is 0.178 e. The van der Waals surface area contributed by atoms with E-state index >= 15 is 0 Å². The van der Waals surface area contributed by atoms with Gasteiger partial charge >= 0.3 is 0 Å². The molecule has 0 spiro atoms. The van der Waals surface area contributed by atoms with Gasteiger partial charge in [0.2, 0.25) is 0 Å². The van der Waals surface area contributed by atoms with Crippen molar-refractivity contribution in [2.75, 3.05) is 0 Å². The monoisotopic (exact) mass is 160 g/mol. The van der Waals surface area contributed by atoms with Crippen molar-refractivity contribution in [2.45, 2.75) is 0 Å². The largest absolute Gasteiger partial charge is 0.290 e. The lowest BCUT2D eigenvalue weighted by atomic mass is 10.2. The van der Waals surface area contributed by atoms with Crippen molar-refractivity contribution >= 4 is 35.3 Å². The van der Waals surface area contributed by atoms with E-state index in [0.717, 1.165) is 0 Å². The first kappa shape index (κ1) is 8.53. The summed E-state index contributed by atoms with van der Waals surface area (Å²) in [5, 5.41) is 0. The lowest BCUT2D eigenvalue weighted by Gasteiger charge is -1.90. The SMILES string of the molecule is Cl.O=C1C=CC(=S)C=C1. The zero-order valence-electron chi connectivity index (χ0n) is 4.53. The Balaban J connectivity index is 0.000000640. The molecule has 0 atom stereocenters. The zero-order valence-corrected chi connectivity index (χ0v) is 6.17. The maximum Gasteiger partial charge on any atom is 0.178 e. The van der Waals surface area contributed by atoms with E-state index in [4.69, 9.17) is 12.2 Å². The van der Waals surface area contributed by atoms with Crippen molar-refractivity contribution in [2.24, 2.45) is 0 Å². The number of ketones is 1. The Morgan fingerprint density at radius 3 is 1.89 bits per heavy atom. The Morgan fingerprint density at radius 1 is 1.11 bits per heavy atom. The number of carbonyl (C=O) groups excluding carboxylic acids is 1. The number of rotatable bonds is 0. The molecule has 0 aromatic carbocycles. The Morgan fingerprint density at radius 2 is 1.56 bits per heavy atom. The van der Waals surface area contributed by atoms with Gasteiger partial charge in [0.1, 0.15) is 0 Å². The molecule has 1 aliphatic carbocycles. The number of halogens is 1. The van der Waals surface area contributed by atoms with Crippen LogP contribution in [0.1, 0.15) is 0 Å². The number of thiocarbonyl (C=S) groups is 1. The molecule has 9 heavy (non-hydrogen) atoms. The predicted octanol–water partition coefficient (Wildman–Crippen LogP) is 1.47. The third kappa shape index (κ3) is 2.54. The molecule has 0 N–H and O–H groups in total. The molecule has 0 aromatic rings. The second-order valence-electron chi connectivity index (χ2n) is 1.47. The lowest BCUT2D eigenvalue weighted by molar-refractivity contribution is -0.110. The van der Waals surface area contributed by atoms with Gasteiger partial charge < -0.3 is 0 Å². The molecule has 1 nitrogen and oxygen atoms in total. The molecule has 1 rings (SSSR count). The maximum atomic E-state index is 10.4. The van der Waals surface area contributed by atoms with Gasteiger partial charge in [-0.15, -0.1) is 12.4 Å². The van der Waals surface area contributed by atoms with Gasteiger partial charge in [-0.25, -0.2) is 0 Å². The molecule has 0 saturated carbocycles. The van der Waals surface area contributed by atoms with E-state index < -0.39 is 0 Å². The summed E-state index contributed by atoms with van der Waals surface area (Å²) in [4.78, 5) is 11.1. The fraction of sp³-hybridized carbons (Fsp3) is 0. The van der Waals surface area contributed by atoms with Gasteiger partial charge in [-0.05, 0) is 24.3 Å². The minimum absolute atomic E-state index is 0. The number of allylic oxidation sites excluding steroid dienone is 4. The van der Waals surface area contributed by atoms with Crippen LogP contribution in [0.25, 0.3) is 0 Å². The fourth-order valence-electron chi connectivity index (χ4n) is 0.440. The van der Waals surface area contributed by atoms with Crippen molar-refractivity contribution in [3.8, 4) is 0 Å². The van der Waals surface area contributed by atoms with Crippen molar-refractivity contribution in [1.29, 1.82) is 0 Å². The highest BCUT2D eigenvalue weighted by Gasteiger charge is 1.94. The van der Waals surface area contributed by atoms with Crippen LogP contribution >= 0.6 is 24.6 Å². The molecule has 0 bridgehead atoms. The van der Waals surface area contributed by atoms with Crippen molar-refractivity contribution < 1.29 is 4.79 Å². The topological polar surface area (TPSA) is 17.1 Å². The van der Waals surface area contributed by atoms with E-state index in [1.807, 2.05) is 0 Å². The van der Waals surface area contributed by atoms with E-state index in [-0.39, 0.29) is 18.2 Å². The van der Waals surface area contributed by atoms with Crippen molar-refractivity contribution in [1.82, 2.24) is 0 Å². The normalized spacial score (nSPS) is 15.6. The first-order chi connectivity index (χ1) is 3.79. The van der Waals surface area contributed by atoms with E-state index in [0.29, 0.717) is 4.86 Å². The molecule has 0 amide bonds. The van der Waals surface area contributed by atoms with Gasteiger partial charge in [0, 0.05) is 4.86 Å².